The number of carbonyl (C=O) groups excluding carboxylic acids is 2. The summed E-state index contributed by atoms with van der Waals surface area (Å²) in [5.41, 5.74) is 2.10. The van der Waals surface area contributed by atoms with E-state index in [1.54, 1.807) is 17.2 Å². The number of hydrogen-bond acceptors (Lipinski definition) is 9. The summed E-state index contributed by atoms with van der Waals surface area (Å²) >= 11 is 0. The van der Waals surface area contributed by atoms with Gasteiger partial charge in [-0.25, -0.2) is 13.2 Å². The molecule has 40 heavy (non-hydrogen) atoms. The van der Waals surface area contributed by atoms with E-state index in [0.717, 1.165) is 23.8 Å². The van der Waals surface area contributed by atoms with Gasteiger partial charge >= 0.3 is 6.09 Å². The Kier molecular flexibility index (Phi) is 8.33. The molecule has 0 bridgehead atoms. The lowest BCUT2D eigenvalue weighted by atomic mass is 9.97. The minimum Gasteiger partial charge on any atom is -0.444 e. The highest BCUT2D eigenvalue weighted by Crippen LogP contribution is 2.24. The molecule has 0 radical (unpaired) electrons. The van der Waals surface area contributed by atoms with Crippen LogP contribution in [0.1, 0.15) is 64.5 Å². The molecule has 3 heterocycles. The summed E-state index contributed by atoms with van der Waals surface area (Å²) in [6, 6.07) is 7.33. The van der Waals surface area contributed by atoms with Gasteiger partial charge in [-0.1, -0.05) is 26.0 Å². The van der Waals surface area contributed by atoms with E-state index in [1.807, 2.05) is 52.8 Å². The predicted octanol–water partition coefficient (Wildman–Crippen LogP) is 3.85. The van der Waals surface area contributed by atoms with Crippen LogP contribution < -0.4 is 10.6 Å². The number of rotatable bonds is 7. The molecule has 1 atom stereocenters. The third-order valence-electron chi connectivity index (χ3n) is 6.42. The molecule has 1 aromatic carbocycles. The molecular weight excluding hydrogens is 534 g/mol. The monoisotopic (exact) mass is 571 g/mol. The molecule has 2 aromatic heterocycles. The van der Waals surface area contributed by atoms with Gasteiger partial charge < -0.3 is 20.3 Å². The molecule has 2 N–H and O–H groups in total. The Hall–Kier alpha value is -3.74. The number of nitrogens with zero attached hydrogens (tertiary/aromatic N) is 5. The van der Waals surface area contributed by atoms with E-state index in [-0.39, 0.29) is 28.8 Å². The second-order valence-corrected chi connectivity index (χ2v) is 13.3. The Labute approximate surface area is 234 Å². The molecule has 13 heteroatoms. The third-order valence-corrected chi connectivity index (χ3v) is 7.26. The highest BCUT2D eigenvalue weighted by atomic mass is 32.2. The number of aromatic nitrogens is 4. The Bertz CT molecular complexity index is 1510. The fourth-order valence-electron chi connectivity index (χ4n) is 4.43. The lowest BCUT2D eigenvalue weighted by molar-refractivity contribution is -0.121. The molecule has 2 amide bonds. The van der Waals surface area contributed by atoms with Crippen molar-refractivity contribution in [2.24, 2.45) is 5.92 Å². The summed E-state index contributed by atoms with van der Waals surface area (Å²) in [7, 11) is -3.65. The minimum absolute atomic E-state index is 0.0910. The van der Waals surface area contributed by atoms with Crippen LogP contribution in [0.4, 0.5) is 16.4 Å². The van der Waals surface area contributed by atoms with Crippen molar-refractivity contribution < 1.29 is 22.7 Å². The van der Waals surface area contributed by atoms with Crippen LogP contribution in [0.2, 0.25) is 0 Å². The van der Waals surface area contributed by atoms with Crippen LogP contribution in [-0.4, -0.2) is 69.8 Å². The van der Waals surface area contributed by atoms with Gasteiger partial charge in [0.1, 0.15) is 5.60 Å². The maximum Gasteiger partial charge on any atom is 0.410 e. The zero-order valence-electron chi connectivity index (χ0n) is 23.8. The van der Waals surface area contributed by atoms with Crippen LogP contribution in [-0.2, 0) is 25.9 Å². The van der Waals surface area contributed by atoms with Gasteiger partial charge in [-0.3, -0.25) is 4.79 Å². The maximum atomic E-state index is 13.1. The Morgan fingerprint density at radius 1 is 1.20 bits per heavy atom. The smallest absolute Gasteiger partial charge is 0.410 e. The fourth-order valence-corrected chi connectivity index (χ4v) is 4.94. The van der Waals surface area contributed by atoms with Gasteiger partial charge in [-0.15, -0.1) is 0 Å². The average Bonchev–Trinajstić information content (AvgIpc) is 3.31. The van der Waals surface area contributed by atoms with Crippen molar-refractivity contribution >= 4 is 39.1 Å². The number of hydrogen-bond donors (Lipinski definition) is 2. The summed E-state index contributed by atoms with van der Waals surface area (Å²) in [5.74, 6) is -0.169. The first-order valence-electron chi connectivity index (χ1n) is 13.3. The zero-order chi connectivity index (χ0) is 29.2. The van der Waals surface area contributed by atoms with Crippen molar-refractivity contribution in [1.82, 2.24) is 24.5 Å². The zero-order valence-corrected chi connectivity index (χ0v) is 24.6. The summed E-state index contributed by atoms with van der Waals surface area (Å²) in [4.78, 5) is 35.6. The number of fused-ring (bicyclic) bond motifs is 1. The first-order valence-corrected chi connectivity index (χ1v) is 15.2. The Balaban J connectivity index is 1.46. The van der Waals surface area contributed by atoms with Crippen molar-refractivity contribution in [3.63, 3.8) is 0 Å². The molecule has 0 spiro atoms. The number of piperidine rings is 1. The largest absolute Gasteiger partial charge is 0.444 e. The molecule has 1 fully saturated rings. The van der Waals surface area contributed by atoms with Gasteiger partial charge in [0, 0.05) is 37.1 Å². The molecule has 0 aliphatic carbocycles. The summed E-state index contributed by atoms with van der Waals surface area (Å²) in [6.07, 6.45) is 3.72. The molecule has 1 aliphatic heterocycles. The third kappa shape index (κ3) is 7.06. The molecule has 3 aromatic rings. The molecule has 4 rings (SSSR count). The van der Waals surface area contributed by atoms with Crippen molar-refractivity contribution in [3.05, 3.63) is 41.6 Å². The average molecular weight is 572 g/mol. The second-order valence-electron chi connectivity index (χ2n) is 11.4. The van der Waals surface area contributed by atoms with E-state index in [1.165, 1.54) is 4.52 Å². The number of anilines is 2. The summed E-state index contributed by atoms with van der Waals surface area (Å²) < 4.78 is 31.5. The van der Waals surface area contributed by atoms with Gasteiger partial charge in [-0.2, -0.15) is 19.6 Å². The van der Waals surface area contributed by atoms with Crippen molar-refractivity contribution in [2.75, 3.05) is 30.0 Å². The van der Waals surface area contributed by atoms with Gasteiger partial charge in [0.2, 0.25) is 21.7 Å². The summed E-state index contributed by atoms with van der Waals surface area (Å²) in [5, 5.41) is 10.2. The normalized spacial score (nSPS) is 16.3. The van der Waals surface area contributed by atoms with Gasteiger partial charge in [0.15, 0.2) is 5.65 Å². The number of likely N-dealkylation sites (tertiary alicyclic amines) is 1. The van der Waals surface area contributed by atoms with E-state index >= 15 is 0 Å². The minimum atomic E-state index is -3.65. The van der Waals surface area contributed by atoms with Crippen LogP contribution in [0.5, 0.6) is 0 Å². The van der Waals surface area contributed by atoms with Gasteiger partial charge in [0.05, 0.1) is 12.1 Å². The van der Waals surface area contributed by atoms with Crippen LogP contribution in [0, 0.1) is 5.92 Å². The molecule has 1 aliphatic rings. The SMILES string of the molecule is CC(C)c1cnn2c(NCc3cccc(NC(=O)C4CCCN(C(=O)OC(C)(C)C)C4)c3)nc(S(C)(=O)=O)nc12. The number of ether oxygens (including phenoxy) is 1. The standard InChI is InChI=1S/C27H37N7O5S/c1-17(2)21-15-29-34-22(21)31-25(40(6,37)38)32-24(34)28-14-18-9-7-11-20(13-18)30-23(35)19-10-8-12-33(16-19)26(36)39-27(3,4)5/h7,9,11,13,15,17,19H,8,10,12,14,16H2,1-6H3,(H,30,35)(H,28,31,32). The maximum absolute atomic E-state index is 13.1. The molecular formula is C27H37N7O5S. The molecule has 216 valence electrons. The molecule has 12 nitrogen and oxygen atoms in total. The lowest BCUT2D eigenvalue weighted by Gasteiger charge is -2.33. The van der Waals surface area contributed by atoms with Crippen LogP contribution in [0.3, 0.4) is 0 Å². The van der Waals surface area contributed by atoms with Crippen LogP contribution >= 0.6 is 0 Å². The van der Waals surface area contributed by atoms with Gasteiger partial charge in [0.25, 0.3) is 5.16 Å². The molecule has 1 saturated heterocycles. The second kappa shape index (κ2) is 11.4. The van der Waals surface area contributed by atoms with E-state index in [4.69, 9.17) is 4.74 Å². The first-order chi connectivity index (χ1) is 18.7. The lowest BCUT2D eigenvalue weighted by Crippen LogP contribution is -2.45. The van der Waals surface area contributed by atoms with Gasteiger partial charge in [-0.05, 0) is 57.2 Å². The van der Waals surface area contributed by atoms with Crippen molar-refractivity contribution in [1.29, 1.82) is 0 Å². The number of sulfone groups is 1. The van der Waals surface area contributed by atoms with E-state index in [2.05, 4.69) is 25.7 Å². The highest BCUT2D eigenvalue weighted by Gasteiger charge is 2.31. The molecule has 0 saturated carbocycles. The number of benzene rings is 1. The number of carbonyl (C=O) groups is 2. The Morgan fingerprint density at radius 3 is 2.62 bits per heavy atom. The van der Waals surface area contributed by atoms with E-state index in [9.17, 15) is 18.0 Å². The van der Waals surface area contributed by atoms with E-state index < -0.39 is 21.5 Å². The predicted molar refractivity (Wildman–Crippen MR) is 151 cm³/mol. The summed E-state index contributed by atoms with van der Waals surface area (Å²) in [6.45, 7) is 10.6. The Morgan fingerprint density at radius 2 is 1.95 bits per heavy atom. The van der Waals surface area contributed by atoms with E-state index in [0.29, 0.717) is 37.4 Å². The van der Waals surface area contributed by atoms with Crippen LogP contribution in [0.15, 0.2) is 35.6 Å². The fraction of sp³-hybridized carbons (Fsp3) is 0.519. The van der Waals surface area contributed by atoms with Crippen molar-refractivity contribution in [2.45, 2.75) is 70.7 Å². The van der Waals surface area contributed by atoms with Crippen molar-refractivity contribution in [3.8, 4) is 0 Å². The van der Waals surface area contributed by atoms with Crippen LogP contribution in [0.25, 0.3) is 5.65 Å². The quantitative estimate of drug-likeness (QED) is 0.431. The number of amides is 2. The topological polar surface area (TPSA) is 148 Å². The first kappa shape index (κ1) is 29.2. The highest BCUT2D eigenvalue weighted by molar-refractivity contribution is 7.90. The molecule has 1 unspecified atom stereocenters. The number of nitrogens with one attached hydrogen (secondary N) is 2.